The molecule has 0 atom stereocenters. The standard InChI is InChI=1S/C5H7.C3H3N2.Ru/c1-3-5-4-2;1-2-5-3-4-1;/h1,3-5H,2H3;1-2H,(H,4,5);/b3-1?,5-4+;;. The van der Waals surface area contributed by atoms with E-state index in [0.717, 1.165) is 4.42 Å². The van der Waals surface area contributed by atoms with Crippen LogP contribution >= 0.6 is 0 Å². The second kappa shape index (κ2) is 5.03. The second-order valence-corrected chi connectivity index (χ2v) is 3.71. The van der Waals surface area contributed by atoms with Gasteiger partial charge in [-0.1, -0.05) is 0 Å². The van der Waals surface area contributed by atoms with Crippen molar-refractivity contribution >= 4 is 4.42 Å². The third kappa shape index (κ3) is 3.29. The van der Waals surface area contributed by atoms with Crippen LogP contribution in [0.3, 0.4) is 0 Å². The van der Waals surface area contributed by atoms with Crippen molar-refractivity contribution in [3.05, 3.63) is 35.3 Å². The van der Waals surface area contributed by atoms with E-state index >= 15 is 0 Å². The quantitative estimate of drug-likeness (QED) is 0.619. The van der Waals surface area contributed by atoms with Gasteiger partial charge in [0.05, 0.1) is 0 Å². The van der Waals surface area contributed by atoms with Crippen LogP contribution in [0.1, 0.15) is 6.92 Å². The fourth-order valence-electron chi connectivity index (χ4n) is 0.538. The second-order valence-electron chi connectivity index (χ2n) is 1.81. The molecule has 2 nitrogen and oxygen atoms in total. The SMILES string of the molecule is C/C=C/C=[CH]/[Ru][c]1ncc[nH]1. The van der Waals surface area contributed by atoms with E-state index in [1.807, 2.05) is 25.3 Å². The molecule has 0 aliphatic heterocycles. The molecule has 11 heavy (non-hydrogen) atoms. The van der Waals surface area contributed by atoms with Gasteiger partial charge >= 0.3 is 73.7 Å². The number of allylic oxidation sites excluding steroid dienone is 3. The van der Waals surface area contributed by atoms with Gasteiger partial charge in [0.1, 0.15) is 0 Å². The molecule has 0 saturated carbocycles. The molecule has 60 valence electrons. The van der Waals surface area contributed by atoms with Crippen LogP contribution in [0.5, 0.6) is 0 Å². The van der Waals surface area contributed by atoms with E-state index in [1.165, 1.54) is 0 Å². The van der Waals surface area contributed by atoms with E-state index in [-0.39, 0.29) is 17.1 Å². The van der Waals surface area contributed by atoms with Crippen LogP contribution in [0, 0.1) is 0 Å². The van der Waals surface area contributed by atoms with Crippen molar-refractivity contribution in [2.75, 3.05) is 0 Å². The molecule has 0 bridgehead atoms. The predicted molar refractivity (Wildman–Crippen MR) is 42.2 cm³/mol. The average Bonchev–Trinajstić information content (AvgIpc) is 2.50. The molecule has 3 heteroatoms. The Bertz CT molecular complexity index is 237. The van der Waals surface area contributed by atoms with Crippen LogP contribution in [0.15, 0.2) is 35.3 Å². The fourth-order valence-corrected chi connectivity index (χ4v) is 1.72. The maximum absolute atomic E-state index is 4.12. The zero-order valence-corrected chi connectivity index (χ0v) is 8.00. The third-order valence-corrected chi connectivity index (χ3v) is 2.56. The van der Waals surface area contributed by atoms with Gasteiger partial charge in [-0.2, -0.15) is 0 Å². The van der Waals surface area contributed by atoms with Crippen molar-refractivity contribution in [3.8, 4) is 0 Å². The summed E-state index contributed by atoms with van der Waals surface area (Å²) in [6.07, 6.45) is 9.73. The summed E-state index contributed by atoms with van der Waals surface area (Å²) in [4.78, 5) is 7.19. The van der Waals surface area contributed by atoms with E-state index in [0.29, 0.717) is 0 Å². The maximum atomic E-state index is 4.12. The van der Waals surface area contributed by atoms with Crippen LogP contribution in [0.25, 0.3) is 0 Å². The Kier molecular flexibility index (Phi) is 3.85. The number of aromatic nitrogens is 2. The van der Waals surface area contributed by atoms with E-state index in [1.54, 1.807) is 6.20 Å². The summed E-state index contributed by atoms with van der Waals surface area (Å²) in [5.74, 6) is 0. The number of hydrogen-bond acceptors (Lipinski definition) is 1. The van der Waals surface area contributed by atoms with Gasteiger partial charge in [0.2, 0.25) is 0 Å². The fraction of sp³-hybridized carbons (Fsp3) is 0.125. The molecule has 1 aromatic rings. The summed E-state index contributed by atoms with van der Waals surface area (Å²) in [5, 5.41) is 0. The minimum absolute atomic E-state index is 0.120. The Hall–Kier alpha value is -0.687. The summed E-state index contributed by atoms with van der Waals surface area (Å²) in [6, 6.07) is 0. The molecule has 0 unspecified atom stereocenters. The molecule has 0 amide bonds. The van der Waals surface area contributed by atoms with Crippen LogP contribution in [0.4, 0.5) is 0 Å². The molecule has 1 aromatic heterocycles. The van der Waals surface area contributed by atoms with Gasteiger partial charge in [0, 0.05) is 0 Å². The molecule has 1 N–H and O–H groups in total. The molecule has 0 aromatic carbocycles. The molecule has 0 aliphatic carbocycles. The Morgan fingerprint density at radius 2 is 2.45 bits per heavy atom. The van der Waals surface area contributed by atoms with Crippen LogP contribution < -0.4 is 4.42 Å². The number of H-pyrrole nitrogens is 1. The third-order valence-electron chi connectivity index (χ3n) is 0.985. The first kappa shape index (κ1) is 8.41. The van der Waals surface area contributed by atoms with Crippen molar-refractivity contribution in [3.63, 3.8) is 0 Å². The summed E-state index contributed by atoms with van der Waals surface area (Å²) in [6.45, 7) is 2.01. The number of aromatic amines is 1. The van der Waals surface area contributed by atoms with Crippen LogP contribution in [-0.4, -0.2) is 9.97 Å². The molecule has 0 saturated heterocycles. The van der Waals surface area contributed by atoms with Crippen molar-refractivity contribution in [2.45, 2.75) is 6.92 Å². The van der Waals surface area contributed by atoms with Crippen molar-refractivity contribution in [1.82, 2.24) is 9.97 Å². The molecule has 0 aliphatic rings. The zero-order chi connectivity index (χ0) is 7.94. The van der Waals surface area contributed by atoms with Gasteiger partial charge in [-0.05, 0) is 0 Å². The van der Waals surface area contributed by atoms with Crippen LogP contribution in [-0.2, 0) is 17.1 Å². The Morgan fingerprint density at radius 3 is 3.09 bits per heavy atom. The van der Waals surface area contributed by atoms with Crippen molar-refractivity contribution in [2.24, 2.45) is 0 Å². The molecule has 0 spiro atoms. The molecular formula is C8H10N2Ru. The van der Waals surface area contributed by atoms with E-state index in [9.17, 15) is 0 Å². The molecule has 1 heterocycles. The van der Waals surface area contributed by atoms with Gasteiger partial charge in [0.25, 0.3) is 0 Å². The topological polar surface area (TPSA) is 28.7 Å². The summed E-state index contributed by atoms with van der Waals surface area (Å²) >= 11 is 0.120. The Labute approximate surface area is 74.0 Å². The minimum atomic E-state index is 0.120. The molecule has 1 rings (SSSR count). The summed E-state index contributed by atoms with van der Waals surface area (Å²) in [7, 11) is 0. The number of rotatable bonds is 3. The first-order chi connectivity index (χ1) is 5.43. The predicted octanol–water partition coefficient (Wildman–Crippen LogP) is 1.21. The van der Waals surface area contributed by atoms with Gasteiger partial charge in [-0.15, -0.1) is 0 Å². The number of nitrogens with one attached hydrogen (secondary N) is 1. The van der Waals surface area contributed by atoms with Gasteiger partial charge in [-0.3, -0.25) is 0 Å². The number of hydrogen-bond donors (Lipinski definition) is 1. The summed E-state index contributed by atoms with van der Waals surface area (Å²) in [5.41, 5.74) is 0. The van der Waals surface area contributed by atoms with E-state index < -0.39 is 0 Å². The normalized spacial score (nSPS) is 12.1. The monoisotopic (exact) mass is 236 g/mol. The summed E-state index contributed by atoms with van der Waals surface area (Å²) < 4.78 is 3.25. The van der Waals surface area contributed by atoms with Gasteiger partial charge in [0.15, 0.2) is 0 Å². The first-order valence-electron chi connectivity index (χ1n) is 3.31. The number of imidazole rings is 1. The molecule has 0 fully saturated rings. The Balaban J connectivity index is 2.34. The van der Waals surface area contributed by atoms with Crippen molar-refractivity contribution < 1.29 is 17.1 Å². The van der Waals surface area contributed by atoms with E-state index in [4.69, 9.17) is 0 Å². The van der Waals surface area contributed by atoms with Crippen LogP contribution in [0.2, 0.25) is 0 Å². The Morgan fingerprint density at radius 1 is 1.55 bits per heavy atom. The van der Waals surface area contributed by atoms with Crippen molar-refractivity contribution in [1.29, 1.82) is 0 Å². The van der Waals surface area contributed by atoms with Gasteiger partial charge < -0.3 is 0 Å². The van der Waals surface area contributed by atoms with E-state index in [2.05, 4.69) is 20.7 Å². The molecule has 0 radical (unpaired) electrons. The zero-order valence-electron chi connectivity index (χ0n) is 6.26. The number of nitrogens with zero attached hydrogens (tertiary/aromatic N) is 1. The van der Waals surface area contributed by atoms with Gasteiger partial charge in [-0.25, -0.2) is 0 Å². The first-order valence-corrected chi connectivity index (χ1v) is 5.18. The average molecular weight is 235 g/mol. The molecular weight excluding hydrogens is 225 g/mol.